The molecule has 10 heavy (non-hydrogen) atoms. The standard InChI is InChI=1S/C3H10N6O/c1-2-3-10-9(5)8-7-6-4/h4H,2-3,5H2,1H3. The van der Waals surface area contributed by atoms with Gasteiger partial charge in [-0.15, -0.1) is 0 Å². The minimum Gasteiger partial charge on any atom is -0.241 e. The van der Waals surface area contributed by atoms with Crippen LogP contribution in [0.3, 0.4) is 0 Å². The molecule has 0 aliphatic rings. The summed E-state index contributed by atoms with van der Waals surface area (Å²) in [5.41, 5.74) is 6.20. The molecule has 0 radical (unpaired) electrons. The molecule has 0 aromatic carbocycles. The molecule has 0 atom stereocenters. The summed E-state index contributed by atoms with van der Waals surface area (Å²) in [5, 5.41) is 9.32. The van der Waals surface area contributed by atoms with Crippen LogP contribution in [0.4, 0.5) is 0 Å². The highest BCUT2D eigenvalue weighted by Crippen LogP contribution is 1.86. The van der Waals surface area contributed by atoms with Crippen LogP contribution in [0, 0.1) is 5.53 Å². The largest absolute Gasteiger partial charge is 0.241 e. The average molecular weight is 146 g/mol. The lowest BCUT2D eigenvalue weighted by molar-refractivity contribution is -0.168. The predicted molar refractivity (Wildman–Crippen MR) is 32.3 cm³/mol. The fourth-order valence-electron chi connectivity index (χ4n) is 0.270. The molecule has 0 rings (SSSR count). The monoisotopic (exact) mass is 146 g/mol. The van der Waals surface area contributed by atoms with Gasteiger partial charge < -0.3 is 0 Å². The van der Waals surface area contributed by atoms with E-state index < -0.39 is 0 Å². The third-order valence-electron chi connectivity index (χ3n) is 0.601. The fourth-order valence-corrected chi connectivity index (χ4v) is 0.270. The minimum absolute atomic E-state index is 0.466. The molecule has 0 aliphatic carbocycles. The van der Waals surface area contributed by atoms with Gasteiger partial charge >= 0.3 is 0 Å². The number of nitrogens with two attached hydrogens (primary N) is 1. The number of hydrogen-bond donors (Lipinski definition) is 2. The van der Waals surface area contributed by atoms with Crippen molar-refractivity contribution in [1.82, 2.24) is 5.28 Å². The van der Waals surface area contributed by atoms with Gasteiger partial charge in [-0.25, -0.2) is 10.7 Å². The van der Waals surface area contributed by atoms with Crippen molar-refractivity contribution in [3.05, 3.63) is 0 Å². The van der Waals surface area contributed by atoms with Gasteiger partial charge in [0.05, 0.1) is 6.61 Å². The van der Waals surface area contributed by atoms with Crippen molar-refractivity contribution in [1.29, 1.82) is 5.53 Å². The van der Waals surface area contributed by atoms with Crippen molar-refractivity contribution < 1.29 is 4.84 Å². The minimum atomic E-state index is 0.466. The van der Waals surface area contributed by atoms with Gasteiger partial charge in [0.15, 0.2) is 0 Å². The Labute approximate surface area is 58.2 Å². The molecule has 0 saturated carbocycles. The fraction of sp³-hybridized carbons (Fsp3) is 1.00. The van der Waals surface area contributed by atoms with E-state index >= 15 is 0 Å². The van der Waals surface area contributed by atoms with E-state index in [4.69, 9.17) is 16.2 Å². The van der Waals surface area contributed by atoms with E-state index in [9.17, 15) is 0 Å². The maximum atomic E-state index is 6.20. The Hall–Kier alpha value is -1.08. The Balaban J connectivity index is 3.32. The van der Waals surface area contributed by atoms with Crippen LogP contribution in [-0.2, 0) is 4.84 Å². The quantitative estimate of drug-likeness (QED) is 0.341. The lowest BCUT2D eigenvalue weighted by Gasteiger charge is -2.06. The summed E-state index contributed by atoms with van der Waals surface area (Å²) in [6.45, 7) is 2.40. The second kappa shape index (κ2) is 6.05. The lowest BCUT2D eigenvalue weighted by atomic mass is 10.5. The maximum Gasteiger partial charge on any atom is 0.0781 e. The van der Waals surface area contributed by atoms with Crippen LogP contribution in [-0.4, -0.2) is 11.9 Å². The van der Waals surface area contributed by atoms with Gasteiger partial charge in [0, 0.05) is 0 Å². The van der Waals surface area contributed by atoms with E-state index in [1.165, 1.54) is 0 Å². The second-order valence-corrected chi connectivity index (χ2v) is 1.41. The summed E-state index contributed by atoms with van der Waals surface area (Å²) in [4.78, 5) is 4.70. The van der Waals surface area contributed by atoms with Crippen LogP contribution < -0.4 is 5.84 Å². The highest BCUT2D eigenvalue weighted by atomic mass is 16.7. The van der Waals surface area contributed by atoms with Crippen LogP contribution in [0.5, 0.6) is 0 Å². The molecule has 58 valence electrons. The van der Waals surface area contributed by atoms with Gasteiger partial charge in [0.25, 0.3) is 0 Å². The van der Waals surface area contributed by atoms with Crippen LogP contribution in [0.2, 0.25) is 0 Å². The first-order valence-corrected chi connectivity index (χ1v) is 2.76. The number of rotatable bonds is 5. The highest BCUT2D eigenvalue weighted by Gasteiger charge is 1.89. The molecule has 0 fully saturated rings. The molecule has 3 N–H and O–H groups in total. The Kier molecular flexibility index (Phi) is 5.39. The third-order valence-corrected chi connectivity index (χ3v) is 0.601. The first-order valence-electron chi connectivity index (χ1n) is 2.76. The maximum absolute atomic E-state index is 6.20. The zero-order valence-electron chi connectivity index (χ0n) is 5.69. The molecule has 0 aromatic rings. The van der Waals surface area contributed by atoms with Gasteiger partial charge in [-0.1, -0.05) is 12.2 Å². The number of hydrogen-bond acceptors (Lipinski definition) is 4. The van der Waals surface area contributed by atoms with E-state index in [-0.39, 0.29) is 0 Å². The Morgan fingerprint density at radius 1 is 1.70 bits per heavy atom. The Morgan fingerprint density at radius 2 is 2.40 bits per heavy atom. The SMILES string of the molecule is CCCON(N)N=NN=N. The predicted octanol–water partition coefficient (Wildman–Crippen LogP) is 0.817. The van der Waals surface area contributed by atoms with Crippen LogP contribution in [0.1, 0.15) is 13.3 Å². The van der Waals surface area contributed by atoms with Gasteiger partial charge in [-0.3, -0.25) is 0 Å². The first kappa shape index (κ1) is 8.92. The van der Waals surface area contributed by atoms with Crippen molar-refractivity contribution >= 4 is 0 Å². The molecule has 0 saturated heterocycles. The highest BCUT2D eigenvalue weighted by molar-refractivity contribution is 4.17. The van der Waals surface area contributed by atoms with Gasteiger partial charge in [-0.05, 0) is 22.1 Å². The van der Waals surface area contributed by atoms with Crippen LogP contribution in [0.25, 0.3) is 0 Å². The molecule has 0 aromatic heterocycles. The van der Waals surface area contributed by atoms with E-state index in [1.807, 2.05) is 6.92 Å². The number of nitrogens with one attached hydrogen (secondary N) is 1. The Bertz CT molecular complexity index is 114. The molecule has 0 spiro atoms. The summed E-state index contributed by atoms with van der Waals surface area (Å²) in [6, 6.07) is 0. The van der Waals surface area contributed by atoms with Gasteiger partial charge in [-0.2, -0.15) is 5.53 Å². The zero-order chi connectivity index (χ0) is 7.82. The molecule has 0 bridgehead atoms. The summed E-state index contributed by atoms with van der Waals surface area (Å²) < 4.78 is 0. The summed E-state index contributed by atoms with van der Waals surface area (Å²) in [7, 11) is 0. The van der Waals surface area contributed by atoms with Crippen molar-refractivity contribution in [2.45, 2.75) is 13.3 Å². The van der Waals surface area contributed by atoms with E-state index in [1.54, 1.807) is 0 Å². The third kappa shape index (κ3) is 5.06. The average Bonchev–Trinajstić information content (AvgIpc) is 1.97. The molecule has 0 amide bonds. The molecule has 0 aliphatic heterocycles. The summed E-state index contributed by atoms with van der Waals surface area (Å²) >= 11 is 0. The smallest absolute Gasteiger partial charge is 0.0781 e. The molecular formula is C3H10N6O. The first-order chi connectivity index (χ1) is 4.81. The molecule has 0 heterocycles. The normalized spacial score (nSPS) is 10.2. The summed E-state index contributed by atoms with van der Waals surface area (Å²) in [5.74, 6) is 5.05. The van der Waals surface area contributed by atoms with Crippen molar-refractivity contribution in [3.63, 3.8) is 0 Å². The van der Waals surface area contributed by atoms with E-state index in [2.05, 4.69) is 15.7 Å². The molecule has 0 unspecified atom stereocenters. The molecular weight excluding hydrogens is 136 g/mol. The summed E-state index contributed by atoms with van der Waals surface area (Å²) in [6.07, 6.45) is 0.835. The molecule has 7 heteroatoms. The Morgan fingerprint density at radius 3 is 2.90 bits per heavy atom. The van der Waals surface area contributed by atoms with Gasteiger partial charge in [0.2, 0.25) is 0 Å². The topological polar surface area (TPSA) is 99.4 Å². The van der Waals surface area contributed by atoms with Crippen LogP contribution >= 0.6 is 0 Å². The van der Waals surface area contributed by atoms with E-state index in [0.717, 1.165) is 6.42 Å². The number of hydrazine groups is 1. The lowest BCUT2D eigenvalue weighted by Crippen LogP contribution is -2.25. The van der Waals surface area contributed by atoms with Crippen molar-refractivity contribution in [2.75, 3.05) is 6.61 Å². The van der Waals surface area contributed by atoms with E-state index in [0.29, 0.717) is 11.9 Å². The number of nitrogens with zero attached hydrogens (tertiary/aromatic N) is 4. The van der Waals surface area contributed by atoms with Gasteiger partial charge in [0.1, 0.15) is 0 Å². The second-order valence-electron chi connectivity index (χ2n) is 1.41. The van der Waals surface area contributed by atoms with Crippen molar-refractivity contribution in [3.8, 4) is 0 Å². The van der Waals surface area contributed by atoms with Crippen molar-refractivity contribution in [2.24, 2.45) is 21.5 Å². The molecule has 7 nitrogen and oxygen atoms in total. The zero-order valence-corrected chi connectivity index (χ0v) is 5.69. The van der Waals surface area contributed by atoms with Crippen LogP contribution in [0.15, 0.2) is 15.7 Å².